The fraction of sp³-hybridized carbons (Fsp3) is 0.500. The van der Waals surface area contributed by atoms with Gasteiger partial charge in [0.15, 0.2) is 0 Å². The summed E-state index contributed by atoms with van der Waals surface area (Å²) < 4.78 is 5.32. The highest BCUT2D eigenvalue weighted by molar-refractivity contribution is 6.30. The highest BCUT2D eigenvalue weighted by atomic mass is 35.5. The first-order valence-corrected chi connectivity index (χ1v) is 7.67. The Hall–Kier alpha value is -1.75. The third-order valence-corrected chi connectivity index (χ3v) is 3.57. The second-order valence-corrected chi connectivity index (χ2v) is 6.84. The van der Waals surface area contributed by atoms with Gasteiger partial charge in [0.2, 0.25) is 5.91 Å². The predicted molar refractivity (Wildman–Crippen MR) is 86.0 cm³/mol. The van der Waals surface area contributed by atoms with Crippen LogP contribution in [0.1, 0.15) is 27.2 Å². The molecule has 1 aromatic rings. The van der Waals surface area contributed by atoms with Gasteiger partial charge in [-0.2, -0.15) is 0 Å². The van der Waals surface area contributed by atoms with Crippen LogP contribution < -0.4 is 5.32 Å². The molecule has 22 heavy (non-hydrogen) atoms. The van der Waals surface area contributed by atoms with E-state index in [1.165, 1.54) is 0 Å². The molecule has 1 aromatic carbocycles. The molecule has 1 fully saturated rings. The van der Waals surface area contributed by atoms with Crippen molar-refractivity contribution >= 4 is 29.3 Å². The van der Waals surface area contributed by atoms with E-state index in [0.29, 0.717) is 30.2 Å². The molecule has 1 saturated heterocycles. The molecular formula is C16H21ClN2O3. The molecular weight excluding hydrogens is 304 g/mol. The Kier molecular flexibility index (Phi) is 4.96. The lowest BCUT2D eigenvalue weighted by molar-refractivity contribution is -0.119. The van der Waals surface area contributed by atoms with Crippen molar-refractivity contribution < 1.29 is 14.3 Å². The van der Waals surface area contributed by atoms with Gasteiger partial charge in [-0.25, -0.2) is 4.79 Å². The van der Waals surface area contributed by atoms with Gasteiger partial charge in [0.05, 0.1) is 5.92 Å². The molecule has 1 aliphatic rings. The highest BCUT2D eigenvalue weighted by Gasteiger charge is 2.33. The molecule has 1 N–H and O–H groups in total. The lowest BCUT2D eigenvalue weighted by Crippen LogP contribution is -2.36. The number of ether oxygens (including phenoxy) is 1. The predicted octanol–water partition coefficient (Wildman–Crippen LogP) is 3.54. The summed E-state index contributed by atoms with van der Waals surface area (Å²) in [4.78, 5) is 25.8. The van der Waals surface area contributed by atoms with Crippen molar-refractivity contribution in [3.8, 4) is 0 Å². The number of amides is 2. The van der Waals surface area contributed by atoms with Crippen molar-refractivity contribution in [2.45, 2.75) is 32.8 Å². The van der Waals surface area contributed by atoms with E-state index in [0.717, 1.165) is 0 Å². The number of halogens is 1. The zero-order valence-electron chi connectivity index (χ0n) is 13.1. The number of hydrogen-bond donors (Lipinski definition) is 1. The van der Waals surface area contributed by atoms with Crippen LogP contribution in [-0.4, -0.2) is 35.6 Å². The Morgan fingerprint density at radius 3 is 2.50 bits per heavy atom. The summed E-state index contributed by atoms with van der Waals surface area (Å²) in [7, 11) is 0. The van der Waals surface area contributed by atoms with Gasteiger partial charge in [0.1, 0.15) is 5.60 Å². The third-order valence-electron chi connectivity index (χ3n) is 3.32. The van der Waals surface area contributed by atoms with Crippen LogP contribution in [0.15, 0.2) is 24.3 Å². The summed E-state index contributed by atoms with van der Waals surface area (Å²) in [5.74, 6) is -0.309. The second kappa shape index (κ2) is 6.57. The quantitative estimate of drug-likeness (QED) is 0.905. The molecule has 1 aliphatic heterocycles. The molecule has 120 valence electrons. The second-order valence-electron chi connectivity index (χ2n) is 6.41. The molecule has 0 bridgehead atoms. The number of likely N-dealkylation sites (tertiary alicyclic amines) is 1. The summed E-state index contributed by atoms with van der Waals surface area (Å²) in [6, 6.07) is 6.94. The van der Waals surface area contributed by atoms with Crippen molar-refractivity contribution in [2.24, 2.45) is 5.92 Å². The van der Waals surface area contributed by atoms with Crippen LogP contribution in [0.25, 0.3) is 0 Å². The number of nitrogens with one attached hydrogen (secondary N) is 1. The van der Waals surface area contributed by atoms with Crippen molar-refractivity contribution in [3.05, 3.63) is 29.3 Å². The molecule has 1 unspecified atom stereocenters. The molecule has 0 aliphatic carbocycles. The number of carbonyl (C=O) groups is 2. The molecule has 0 spiro atoms. The number of benzene rings is 1. The smallest absolute Gasteiger partial charge is 0.410 e. The van der Waals surface area contributed by atoms with Gasteiger partial charge < -0.3 is 15.0 Å². The Labute approximate surface area is 135 Å². The van der Waals surface area contributed by atoms with Gasteiger partial charge in [-0.1, -0.05) is 11.6 Å². The van der Waals surface area contributed by atoms with E-state index in [1.54, 1.807) is 29.2 Å². The van der Waals surface area contributed by atoms with Crippen LogP contribution in [0, 0.1) is 5.92 Å². The highest BCUT2D eigenvalue weighted by Crippen LogP contribution is 2.21. The lowest BCUT2D eigenvalue weighted by atomic mass is 10.1. The van der Waals surface area contributed by atoms with Crippen LogP contribution in [0.2, 0.25) is 5.02 Å². The largest absolute Gasteiger partial charge is 0.444 e. The Morgan fingerprint density at radius 2 is 1.91 bits per heavy atom. The first kappa shape index (κ1) is 16.6. The van der Waals surface area contributed by atoms with Crippen molar-refractivity contribution in [1.82, 2.24) is 4.90 Å². The topological polar surface area (TPSA) is 58.6 Å². The zero-order chi connectivity index (χ0) is 16.3. The molecule has 2 amide bonds. The molecule has 6 heteroatoms. The molecule has 1 atom stereocenters. The van der Waals surface area contributed by atoms with Crippen molar-refractivity contribution in [2.75, 3.05) is 18.4 Å². The SMILES string of the molecule is CC(C)(C)OC(=O)N1CCC(C(=O)Nc2ccc(Cl)cc2)C1. The maximum absolute atomic E-state index is 12.2. The summed E-state index contributed by atoms with van der Waals surface area (Å²) >= 11 is 5.81. The number of hydrogen-bond acceptors (Lipinski definition) is 3. The molecule has 5 nitrogen and oxygen atoms in total. The van der Waals surface area contributed by atoms with Crippen molar-refractivity contribution in [1.29, 1.82) is 0 Å². The summed E-state index contributed by atoms with van der Waals surface area (Å²) in [5.41, 5.74) is 0.172. The van der Waals surface area contributed by atoms with E-state index in [9.17, 15) is 9.59 Å². The van der Waals surface area contributed by atoms with E-state index < -0.39 is 5.60 Å². The van der Waals surface area contributed by atoms with Crippen molar-refractivity contribution in [3.63, 3.8) is 0 Å². The van der Waals surface area contributed by atoms with Gasteiger partial charge >= 0.3 is 6.09 Å². The van der Waals surface area contributed by atoms with Crippen LogP contribution in [0.3, 0.4) is 0 Å². The fourth-order valence-electron chi connectivity index (χ4n) is 2.24. The summed E-state index contributed by atoms with van der Waals surface area (Å²) in [5, 5.41) is 3.46. The van der Waals surface area contributed by atoms with Gasteiger partial charge in [-0.15, -0.1) is 0 Å². The number of anilines is 1. The standard InChI is InChI=1S/C16H21ClN2O3/c1-16(2,3)22-15(21)19-9-8-11(10-19)14(20)18-13-6-4-12(17)5-7-13/h4-7,11H,8-10H2,1-3H3,(H,18,20). The number of carbonyl (C=O) groups excluding carboxylic acids is 2. The first-order chi connectivity index (χ1) is 10.2. The number of nitrogens with zero attached hydrogens (tertiary/aromatic N) is 1. The average molecular weight is 325 g/mol. The maximum atomic E-state index is 12.2. The zero-order valence-corrected chi connectivity index (χ0v) is 13.8. The molecule has 0 aromatic heterocycles. The lowest BCUT2D eigenvalue weighted by Gasteiger charge is -2.24. The summed E-state index contributed by atoms with van der Waals surface area (Å²) in [6.07, 6.45) is 0.271. The molecule has 0 radical (unpaired) electrons. The third kappa shape index (κ3) is 4.63. The van der Waals surface area contributed by atoms with E-state index in [1.807, 2.05) is 20.8 Å². The normalized spacial score (nSPS) is 18.2. The van der Waals surface area contributed by atoms with Gasteiger partial charge in [0.25, 0.3) is 0 Å². The van der Waals surface area contributed by atoms with E-state index in [2.05, 4.69) is 5.32 Å². The van der Waals surface area contributed by atoms with E-state index in [4.69, 9.17) is 16.3 Å². The Morgan fingerprint density at radius 1 is 1.27 bits per heavy atom. The minimum absolute atomic E-state index is 0.0895. The van der Waals surface area contributed by atoms with Gasteiger partial charge in [-0.3, -0.25) is 4.79 Å². The molecule has 1 heterocycles. The van der Waals surface area contributed by atoms with Crippen LogP contribution in [0.5, 0.6) is 0 Å². The molecule has 0 saturated carbocycles. The monoisotopic (exact) mass is 324 g/mol. The minimum atomic E-state index is -0.527. The number of rotatable bonds is 2. The fourth-order valence-corrected chi connectivity index (χ4v) is 2.37. The van der Waals surface area contributed by atoms with Crippen LogP contribution in [0.4, 0.5) is 10.5 Å². The Balaban J connectivity index is 1.88. The Bertz CT molecular complexity index is 552. The van der Waals surface area contributed by atoms with E-state index >= 15 is 0 Å². The summed E-state index contributed by atoms with van der Waals surface area (Å²) in [6.45, 7) is 6.39. The molecule has 2 rings (SSSR count). The maximum Gasteiger partial charge on any atom is 0.410 e. The minimum Gasteiger partial charge on any atom is -0.444 e. The van der Waals surface area contributed by atoms with Crippen LogP contribution >= 0.6 is 11.6 Å². The first-order valence-electron chi connectivity index (χ1n) is 7.29. The average Bonchev–Trinajstić information content (AvgIpc) is 2.89. The van der Waals surface area contributed by atoms with E-state index in [-0.39, 0.29) is 17.9 Å². The van der Waals surface area contributed by atoms with Gasteiger partial charge in [-0.05, 0) is 51.5 Å². The van der Waals surface area contributed by atoms with Crippen LogP contribution in [-0.2, 0) is 9.53 Å². The van der Waals surface area contributed by atoms with Gasteiger partial charge in [0, 0.05) is 23.8 Å².